The van der Waals surface area contributed by atoms with Gasteiger partial charge in [0, 0.05) is 12.0 Å². The van der Waals surface area contributed by atoms with E-state index in [2.05, 4.69) is 16.8 Å². The maximum atomic E-state index is 13.0. The van der Waals surface area contributed by atoms with E-state index in [0.29, 0.717) is 6.54 Å². The molecule has 2 heterocycles. The van der Waals surface area contributed by atoms with Gasteiger partial charge >= 0.3 is 0 Å². The molecule has 116 valence electrons. The summed E-state index contributed by atoms with van der Waals surface area (Å²) in [5, 5.41) is 5.72. The minimum Gasteiger partial charge on any atom is -0.377 e. The highest BCUT2D eigenvalue weighted by atomic mass is 32.1. The highest BCUT2D eigenvalue weighted by Gasteiger charge is 2.53. The summed E-state index contributed by atoms with van der Waals surface area (Å²) in [5.74, 6) is 0.253. The zero-order valence-corrected chi connectivity index (χ0v) is 13.8. The van der Waals surface area contributed by atoms with Gasteiger partial charge in [0.1, 0.15) is 6.17 Å². The molecule has 1 saturated heterocycles. The molecule has 2 fully saturated rings. The first-order valence-electron chi connectivity index (χ1n) is 7.65. The maximum Gasteiger partial charge on any atom is 0.244 e. The zero-order chi connectivity index (χ0) is 15.1. The van der Waals surface area contributed by atoms with Crippen LogP contribution in [-0.4, -0.2) is 35.6 Å². The Morgan fingerprint density at radius 1 is 1.48 bits per heavy atom. The van der Waals surface area contributed by atoms with E-state index in [-0.39, 0.29) is 23.2 Å². The van der Waals surface area contributed by atoms with Crippen LogP contribution in [0.25, 0.3) is 0 Å². The highest BCUT2D eigenvalue weighted by Crippen LogP contribution is 2.42. The molecule has 1 saturated carbocycles. The van der Waals surface area contributed by atoms with Crippen LogP contribution < -0.4 is 5.32 Å². The van der Waals surface area contributed by atoms with Crippen LogP contribution in [0, 0.1) is 0 Å². The second-order valence-electron chi connectivity index (χ2n) is 6.75. The Labute approximate surface area is 130 Å². The largest absolute Gasteiger partial charge is 0.377 e. The lowest BCUT2D eigenvalue weighted by molar-refractivity contribution is -0.136. The Balaban J connectivity index is 1.91. The fourth-order valence-electron chi connectivity index (χ4n) is 3.44. The molecule has 0 aromatic carbocycles. The number of hydrogen-bond acceptors (Lipinski definition) is 4. The summed E-state index contributed by atoms with van der Waals surface area (Å²) in [4.78, 5) is 16.2. The first-order valence-corrected chi connectivity index (χ1v) is 8.53. The first-order chi connectivity index (χ1) is 9.97. The average molecular weight is 308 g/mol. The third-order valence-corrected chi connectivity index (χ3v) is 5.69. The standard InChI is InChI=1S/C16H24N2O2S/c1-15(2,20-3)11-18-13(12-7-6-10-21-12)17-16(14(18)19)8-4-5-9-16/h6-7,10,13,17H,4-5,8-9,11H2,1-3H3. The van der Waals surface area contributed by atoms with Crippen LogP contribution in [0.15, 0.2) is 17.5 Å². The van der Waals surface area contributed by atoms with E-state index >= 15 is 0 Å². The van der Waals surface area contributed by atoms with Crippen molar-refractivity contribution in [2.24, 2.45) is 0 Å². The van der Waals surface area contributed by atoms with Crippen molar-refractivity contribution in [1.82, 2.24) is 10.2 Å². The molecule has 1 unspecified atom stereocenters. The van der Waals surface area contributed by atoms with Gasteiger partial charge in [-0.3, -0.25) is 10.1 Å². The van der Waals surface area contributed by atoms with Crippen molar-refractivity contribution in [3.8, 4) is 0 Å². The number of hydrogen-bond donors (Lipinski definition) is 1. The summed E-state index contributed by atoms with van der Waals surface area (Å²) in [6.07, 6.45) is 4.18. The lowest BCUT2D eigenvalue weighted by Gasteiger charge is -2.32. The van der Waals surface area contributed by atoms with Crippen LogP contribution in [0.3, 0.4) is 0 Å². The summed E-state index contributed by atoms with van der Waals surface area (Å²) in [6.45, 7) is 4.68. The Morgan fingerprint density at radius 3 is 2.76 bits per heavy atom. The molecule has 5 heteroatoms. The van der Waals surface area contributed by atoms with Gasteiger partial charge in [0.05, 0.1) is 17.7 Å². The fraction of sp³-hybridized carbons (Fsp3) is 0.688. The van der Waals surface area contributed by atoms with Gasteiger partial charge in [0.2, 0.25) is 5.91 Å². The predicted molar refractivity (Wildman–Crippen MR) is 84.2 cm³/mol. The second-order valence-corrected chi connectivity index (χ2v) is 7.73. The van der Waals surface area contributed by atoms with Crippen LogP contribution in [0.4, 0.5) is 0 Å². The molecule has 1 aliphatic heterocycles. The highest BCUT2D eigenvalue weighted by molar-refractivity contribution is 7.10. The number of methoxy groups -OCH3 is 1. The van der Waals surface area contributed by atoms with Crippen molar-refractivity contribution in [2.45, 2.75) is 56.8 Å². The van der Waals surface area contributed by atoms with Gasteiger partial charge in [-0.15, -0.1) is 11.3 Å². The molecule has 1 atom stereocenters. The maximum absolute atomic E-state index is 13.0. The van der Waals surface area contributed by atoms with Crippen LogP contribution in [-0.2, 0) is 9.53 Å². The zero-order valence-electron chi connectivity index (χ0n) is 13.0. The third kappa shape index (κ3) is 2.62. The van der Waals surface area contributed by atoms with E-state index in [1.54, 1.807) is 18.4 Å². The van der Waals surface area contributed by atoms with Crippen LogP contribution in [0.2, 0.25) is 0 Å². The van der Waals surface area contributed by atoms with E-state index in [4.69, 9.17) is 4.74 Å². The van der Waals surface area contributed by atoms with E-state index in [9.17, 15) is 4.79 Å². The molecule has 1 amide bonds. The van der Waals surface area contributed by atoms with E-state index in [0.717, 1.165) is 25.7 Å². The van der Waals surface area contributed by atoms with Gasteiger partial charge in [-0.1, -0.05) is 18.9 Å². The number of carbonyl (C=O) groups is 1. The van der Waals surface area contributed by atoms with Crippen molar-refractivity contribution in [2.75, 3.05) is 13.7 Å². The van der Waals surface area contributed by atoms with E-state index in [1.807, 2.05) is 24.8 Å². The van der Waals surface area contributed by atoms with Gasteiger partial charge in [-0.05, 0) is 38.1 Å². The number of amides is 1. The SMILES string of the molecule is COC(C)(C)CN1C(=O)C2(CCCC2)NC1c1cccs1. The number of carbonyl (C=O) groups excluding carboxylic acids is 1. The van der Waals surface area contributed by atoms with Crippen molar-refractivity contribution in [3.63, 3.8) is 0 Å². The molecular formula is C16H24N2O2S. The molecule has 3 rings (SSSR count). The van der Waals surface area contributed by atoms with E-state index in [1.165, 1.54) is 4.88 Å². The second kappa shape index (κ2) is 5.38. The lowest BCUT2D eigenvalue weighted by atomic mass is 9.97. The van der Waals surface area contributed by atoms with E-state index < -0.39 is 0 Å². The quantitative estimate of drug-likeness (QED) is 0.930. The van der Waals surface area contributed by atoms with Crippen LogP contribution in [0.5, 0.6) is 0 Å². The summed E-state index contributed by atoms with van der Waals surface area (Å²) >= 11 is 1.70. The Bertz CT molecular complexity index is 506. The molecule has 1 N–H and O–H groups in total. The minimum atomic E-state index is -0.336. The summed E-state index contributed by atoms with van der Waals surface area (Å²) in [6, 6.07) is 4.15. The molecule has 21 heavy (non-hydrogen) atoms. The van der Waals surface area contributed by atoms with Gasteiger partial charge in [-0.2, -0.15) is 0 Å². The number of nitrogens with zero attached hydrogens (tertiary/aromatic N) is 1. The molecule has 1 spiro atoms. The summed E-state index contributed by atoms with van der Waals surface area (Å²) in [5.41, 5.74) is -0.671. The van der Waals surface area contributed by atoms with Gasteiger partial charge in [-0.25, -0.2) is 0 Å². The average Bonchev–Trinajstić information content (AvgIpc) is 3.17. The number of thiophene rings is 1. The fourth-order valence-corrected chi connectivity index (χ4v) is 4.23. The number of ether oxygens (including phenoxy) is 1. The Morgan fingerprint density at radius 2 is 2.19 bits per heavy atom. The summed E-state index contributed by atoms with van der Waals surface area (Å²) in [7, 11) is 1.71. The topological polar surface area (TPSA) is 41.6 Å². The van der Waals surface area contributed by atoms with Crippen molar-refractivity contribution >= 4 is 17.2 Å². The van der Waals surface area contributed by atoms with Crippen molar-refractivity contribution in [1.29, 1.82) is 0 Å². The molecule has 1 aromatic heterocycles. The molecule has 0 radical (unpaired) electrons. The smallest absolute Gasteiger partial charge is 0.244 e. The number of nitrogens with one attached hydrogen (secondary N) is 1. The van der Waals surface area contributed by atoms with Gasteiger partial charge in [0.25, 0.3) is 0 Å². The monoisotopic (exact) mass is 308 g/mol. The van der Waals surface area contributed by atoms with Crippen molar-refractivity contribution in [3.05, 3.63) is 22.4 Å². The number of rotatable bonds is 4. The molecule has 4 nitrogen and oxygen atoms in total. The van der Waals surface area contributed by atoms with Gasteiger partial charge < -0.3 is 9.64 Å². The lowest BCUT2D eigenvalue weighted by Crippen LogP contribution is -2.46. The minimum absolute atomic E-state index is 0.00924. The molecule has 1 aliphatic carbocycles. The normalized spacial score (nSPS) is 25.2. The van der Waals surface area contributed by atoms with Crippen LogP contribution >= 0.6 is 11.3 Å². The summed E-state index contributed by atoms with van der Waals surface area (Å²) < 4.78 is 5.55. The third-order valence-electron chi connectivity index (χ3n) is 4.77. The Kier molecular flexibility index (Phi) is 3.84. The first kappa shape index (κ1) is 15.0. The van der Waals surface area contributed by atoms with Gasteiger partial charge in [0.15, 0.2) is 0 Å². The predicted octanol–water partition coefficient (Wildman–Crippen LogP) is 2.92. The molecule has 0 bridgehead atoms. The molecular weight excluding hydrogens is 284 g/mol. The Hall–Kier alpha value is -0.910. The van der Waals surface area contributed by atoms with Crippen molar-refractivity contribution < 1.29 is 9.53 Å². The molecule has 2 aliphatic rings. The van der Waals surface area contributed by atoms with Crippen LogP contribution in [0.1, 0.15) is 50.6 Å². The molecule has 1 aromatic rings.